The van der Waals surface area contributed by atoms with Crippen molar-refractivity contribution < 1.29 is 18.0 Å². The summed E-state index contributed by atoms with van der Waals surface area (Å²) in [6, 6.07) is 18.8. The molecular formula is C30H35Cl2N3O4S. The minimum absolute atomic E-state index is 0.00887. The number of sulfonamides is 1. The summed E-state index contributed by atoms with van der Waals surface area (Å²) in [6.07, 6.45) is 1.05. The second kappa shape index (κ2) is 14.0. The van der Waals surface area contributed by atoms with Crippen molar-refractivity contribution in [2.45, 2.75) is 64.1 Å². The smallest absolute Gasteiger partial charge is 0.264 e. The maximum atomic E-state index is 14.1. The minimum atomic E-state index is -4.17. The van der Waals surface area contributed by atoms with Crippen LogP contribution in [0.3, 0.4) is 0 Å². The van der Waals surface area contributed by atoms with Crippen LogP contribution >= 0.6 is 23.2 Å². The molecule has 0 heterocycles. The lowest BCUT2D eigenvalue weighted by Crippen LogP contribution is -2.53. The van der Waals surface area contributed by atoms with Crippen molar-refractivity contribution in [3.63, 3.8) is 0 Å². The predicted molar refractivity (Wildman–Crippen MR) is 161 cm³/mol. The summed E-state index contributed by atoms with van der Waals surface area (Å²) in [7, 11) is -4.17. The maximum absolute atomic E-state index is 14.1. The Bertz CT molecular complexity index is 1430. The van der Waals surface area contributed by atoms with E-state index in [1.54, 1.807) is 42.5 Å². The summed E-state index contributed by atoms with van der Waals surface area (Å²) in [4.78, 5) is 28.8. The maximum Gasteiger partial charge on any atom is 0.264 e. The first-order valence-corrected chi connectivity index (χ1v) is 15.4. The van der Waals surface area contributed by atoms with Gasteiger partial charge < -0.3 is 10.2 Å². The molecule has 0 aliphatic heterocycles. The average Bonchev–Trinajstić information content (AvgIpc) is 2.92. The number of nitrogens with zero attached hydrogens (tertiary/aromatic N) is 2. The second-order valence-electron chi connectivity index (χ2n) is 9.66. The molecule has 7 nitrogen and oxygen atoms in total. The van der Waals surface area contributed by atoms with Gasteiger partial charge in [-0.2, -0.15) is 0 Å². The van der Waals surface area contributed by atoms with E-state index in [0.717, 1.165) is 16.3 Å². The fourth-order valence-corrected chi connectivity index (χ4v) is 5.94. The number of rotatable bonds is 12. The van der Waals surface area contributed by atoms with E-state index < -0.39 is 28.5 Å². The third kappa shape index (κ3) is 7.77. The molecule has 0 bridgehead atoms. The van der Waals surface area contributed by atoms with Gasteiger partial charge in [-0.15, -0.1) is 0 Å². The number of benzene rings is 3. The number of amides is 2. The highest BCUT2D eigenvalue weighted by Crippen LogP contribution is 2.27. The molecule has 2 atom stereocenters. The number of hydrogen-bond acceptors (Lipinski definition) is 4. The topological polar surface area (TPSA) is 86.8 Å². The van der Waals surface area contributed by atoms with E-state index in [1.165, 1.54) is 29.2 Å². The molecule has 2 unspecified atom stereocenters. The Morgan fingerprint density at radius 1 is 0.925 bits per heavy atom. The summed E-state index contributed by atoms with van der Waals surface area (Å²) in [6.45, 7) is 7.02. The van der Waals surface area contributed by atoms with Crippen LogP contribution in [0.5, 0.6) is 0 Å². The fourth-order valence-electron chi connectivity index (χ4n) is 4.22. The van der Waals surface area contributed by atoms with Gasteiger partial charge in [-0.1, -0.05) is 67.4 Å². The molecule has 2 amide bonds. The van der Waals surface area contributed by atoms with Gasteiger partial charge in [-0.05, 0) is 80.3 Å². The second-order valence-corrected chi connectivity index (χ2v) is 12.4. The van der Waals surface area contributed by atoms with Crippen LogP contribution in [-0.4, -0.2) is 43.8 Å². The first-order chi connectivity index (χ1) is 19.0. The van der Waals surface area contributed by atoms with Crippen molar-refractivity contribution in [2.75, 3.05) is 10.8 Å². The fraction of sp³-hybridized carbons (Fsp3) is 0.333. The number of halogens is 2. The molecule has 0 radical (unpaired) electrons. The van der Waals surface area contributed by atoms with Crippen molar-refractivity contribution >= 4 is 50.7 Å². The summed E-state index contributed by atoms with van der Waals surface area (Å²) < 4.78 is 28.9. The Hall–Kier alpha value is -3.07. The van der Waals surface area contributed by atoms with Crippen LogP contribution in [-0.2, 0) is 26.2 Å². The number of aryl methyl sites for hydroxylation is 1. The van der Waals surface area contributed by atoms with Crippen molar-refractivity contribution in [1.29, 1.82) is 0 Å². The summed E-state index contributed by atoms with van der Waals surface area (Å²) in [5, 5.41) is 3.80. The SMILES string of the molecule is CCC(C)NC(=O)C(CC)N(Cc1ccccc1Cl)C(=O)CN(c1cccc(C)c1)S(=O)(=O)c1ccc(Cl)cc1. The van der Waals surface area contributed by atoms with Crippen LogP contribution in [0.15, 0.2) is 77.7 Å². The largest absolute Gasteiger partial charge is 0.352 e. The molecule has 0 fully saturated rings. The normalized spacial score (nSPS) is 12.8. The van der Waals surface area contributed by atoms with Gasteiger partial charge in [0.25, 0.3) is 10.0 Å². The first-order valence-electron chi connectivity index (χ1n) is 13.2. The van der Waals surface area contributed by atoms with Gasteiger partial charge >= 0.3 is 0 Å². The lowest BCUT2D eigenvalue weighted by atomic mass is 10.1. The van der Waals surface area contributed by atoms with E-state index >= 15 is 0 Å². The first kappa shape index (κ1) is 31.5. The molecule has 3 rings (SSSR count). The van der Waals surface area contributed by atoms with Crippen molar-refractivity contribution in [1.82, 2.24) is 10.2 Å². The molecule has 40 heavy (non-hydrogen) atoms. The number of carbonyl (C=O) groups is 2. The molecule has 0 aliphatic rings. The zero-order valence-corrected chi connectivity index (χ0v) is 25.4. The molecular weight excluding hydrogens is 569 g/mol. The molecule has 3 aromatic rings. The van der Waals surface area contributed by atoms with E-state index in [1.807, 2.05) is 33.8 Å². The summed E-state index contributed by atoms with van der Waals surface area (Å²) in [5.41, 5.74) is 1.81. The van der Waals surface area contributed by atoms with Crippen LogP contribution in [0.2, 0.25) is 10.0 Å². The van der Waals surface area contributed by atoms with Gasteiger partial charge in [-0.25, -0.2) is 8.42 Å². The monoisotopic (exact) mass is 603 g/mol. The van der Waals surface area contributed by atoms with E-state index in [2.05, 4.69) is 5.32 Å². The third-order valence-electron chi connectivity index (χ3n) is 6.66. The van der Waals surface area contributed by atoms with Gasteiger partial charge in [0.2, 0.25) is 11.8 Å². The van der Waals surface area contributed by atoms with E-state index in [0.29, 0.717) is 27.7 Å². The molecule has 0 aromatic heterocycles. The van der Waals surface area contributed by atoms with Crippen LogP contribution in [0, 0.1) is 6.92 Å². The molecule has 3 aromatic carbocycles. The van der Waals surface area contributed by atoms with Gasteiger partial charge in [-0.3, -0.25) is 13.9 Å². The molecule has 0 saturated carbocycles. The average molecular weight is 605 g/mol. The lowest BCUT2D eigenvalue weighted by Gasteiger charge is -2.34. The molecule has 1 N–H and O–H groups in total. The van der Waals surface area contributed by atoms with E-state index in [-0.39, 0.29) is 23.4 Å². The molecule has 10 heteroatoms. The number of anilines is 1. The van der Waals surface area contributed by atoms with Crippen LogP contribution in [0.25, 0.3) is 0 Å². The van der Waals surface area contributed by atoms with Crippen LogP contribution in [0.4, 0.5) is 5.69 Å². The number of nitrogens with one attached hydrogen (secondary N) is 1. The minimum Gasteiger partial charge on any atom is -0.352 e. The molecule has 0 spiro atoms. The highest BCUT2D eigenvalue weighted by Gasteiger charge is 2.34. The van der Waals surface area contributed by atoms with E-state index in [4.69, 9.17) is 23.2 Å². The van der Waals surface area contributed by atoms with Crippen molar-refractivity contribution in [3.8, 4) is 0 Å². The molecule has 0 saturated heterocycles. The Balaban J connectivity index is 2.07. The van der Waals surface area contributed by atoms with Crippen molar-refractivity contribution in [2.24, 2.45) is 0 Å². The summed E-state index contributed by atoms with van der Waals surface area (Å²) >= 11 is 12.4. The van der Waals surface area contributed by atoms with Crippen molar-refractivity contribution in [3.05, 3.63) is 94.0 Å². The van der Waals surface area contributed by atoms with Gasteiger partial charge in [0, 0.05) is 22.6 Å². The van der Waals surface area contributed by atoms with Gasteiger partial charge in [0.05, 0.1) is 10.6 Å². The highest BCUT2D eigenvalue weighted by atomic mass is 35.5. The molecule has 0 aliphatic carbocycles. The highest BCUT2D eigenvalue weighted by molar-refractivity contribution is 7.92. The number of carbonyl (C=O) groups excluding carboxylic acids is 2. The zero-order valence-electron chi connectivity index (χ0n) is 23.1. The number of hydrogen-bond donors (Lipinski definition) is 1. The Morgan fingerprint density at radius 3 is 2.20 bits per heavy atom. The van der Waals surface area contributed by atoms with Crippen LogP contribution < -0.4 is 9.62 Å². The summed E-state index contributed by atoms with van der Waals surface area (Å²) in [5.74, 6) is -0.843. The van der Waals surface area contributed by atoms with Crippen LogP contribution in [0.1, 0.15) is 44.7 Å². The third-order valence-corrected chi connectivity index (χ3v) is 9.06. The Labute approximate surface area is 247 Å². The Kier molecular flexibility index (Phi) is 11.0. The standard InChI is InChI=1S/C30H35Cl2N3O4S/c1-5-22(4)33-30(37)28(6-2)34(19-23-11-7-8-13-27(23)32)29(36)20-35(25-12-9-10-21(3)18-25)40(38,39)26-16-14-24(31)15-17-26/h7-18,22,28H,5-6,19-20H2,1-4H3,(H,33,37). The Morgan fingerprint density at radius 2 is 1.60 bits per heavy atom. The lowest BCUT2D eigenvalue weighted by molar-refractivity contribution is -0.140. The quantitative estimate of drug-likeness (QED) is 0.266. The zero-order chi connectivity index (χ0) is 29.4. The predicted octanol–water partition coefficient (Wildman–Crippen LogP) is 6.22. The van der Waals surface area contributed by atoms with E-state index in [9.17, 15) is 18.0 Å². The molecule has 214 valence electrons. The van der Waals surface area contributed by atoms with Gasteiger partial charge in [0.1, 0.15) is 12.6 Å². The van der Waals surface area contributed by atoms with Gasteiger partial charge in [0.15, 0.2) is 0 Å².